The molecule has 3 saturated heterocycles. The van der Waals surface area contributed by atoms with E-state index in [1.54, 1.807) is 11.3 Å². The number of thiophene rings is 1. The van der Waals surface area contributed by atoms with E-state index >= 15 is 0 Å². The van der Waals surface area contributed by atoms with E-state index in [2.05, 4.69) is 48.3 Å². The van der Waals surface area contributed by atoms with E-state index in [1.807, 2.05) is 0 Å². The maximum absolute atomic E-state index is 13.1. The van der Waals surface area contributed by atoms with Gasteiger partial charge in [0, 0.05) is 16.3 Å². The molecule has 1 aliphatic carbocycles. The lowest BCUT2D eigenvalue weighted by atomic mass is 9.72. The molecule has 1 atom stereocenters. The zero-order valence-electron chi connectivity index (χ0n) is 15.8. The highest BCUT2D eigenvalue weighted by molar-refractivity contribution is 7.21. The Hall–Kier alpha value is -1.39. The summed E-state index contributed by atoms with van der Waals surface area (Å²) in [6.45, 7) is 6.95. The van der Waals surface area contributed by atoms with Gasteiger partial charge in [0.2, 0.25) is 0 Å². The SMILES string of the molecule is CC1(C)[C@@H](NC(=O)c2cc3cccc(C4CCC4)c3s2)C2CCN1CC2. The Kier molecular flexibility index (Phi) is 3.91. The molecule has 0 radical (unpaired) electrons. The van der Waals surface area contributed by atoms with Crippen molar-refractivity contribution in [2.45, 2.75) is 63.5 Å². The van der Waals surface area contributed by atoms with Crippen LogP contribution in [0.25, 0.3) is 10.1 Å². The van der Waals surface area contributed by atoms with E-state index in [9.17, 15) is 4.79 Å². The predicted molar refractivity (Wildman–Crippen MR) is 108 cm³/mol. The van der Waals surface area contributed by atoms with Gasteiger partial charge in [-0.3, -0.25) is 9.69 Å². The third-order valence-corrected chi connectivity index (χ3v) is 8.42. The first-order valence-corrected chi connectivity index (χ1v) is 10.9. The second kappa shape index (κ2) is 6.07. The van der Waals surface area contributed by atoms with Gasteiger partial charge in [0.1, 0.15) is 0 Å². The van der Waals surface area contributed by atoms with Gasteiger partial charge in [-0.1, -0.05) is 24.6 Å². The van der Waals surface area contributed by atoms with Crippen LogP contribution < -0.4 is 5.32 Å². The number of piperidine rings is 3. The fraction of sp³-hybridized carbons (Fsp3) is 0.591. The lowest BCUT2D eigenvalue weighted by Gasteiger charge is -2.56. The van der Waals surface area contributed by atoms with Crippen molar-refractivity contribution in [3.8, 4) is 0 Å². The van der Waals surface area contributed by atoms with Crippen LogP contribution in [0.3, 0.4) is 0 Å². The molecule has 2 aromatic rings. The Morgan fingerprint density at radius 3 is 2.62 bits per heavy atom. The third kappa shape index (κ3) is 2.53. The summed E-state index contributed by atoms with van der Waals surface area (Å²) < 4.78 is 1.33. The molecule has 0 unspecified atom stereocenters. The van der Waals surface area contributed by atoms with Crippen molar-refractivity contribution in [2.24, 2.45) is 5.92 Å². The number of hydrogen-bond donors (Lipinski definition) is 1. The Balaban J connectivity index is 1.42. The topological polar surface area (TPSA) is 32.3 Å². The van der Waals surface area contributed by atoms with Crippen molar-refractivity contribution < 1.29 is 4.79 Å². The van der Waals surface area contributed by atoms with Crippen molar-refractivity contribution in [3.05, 3.63) is 34.7 Å². The van der Waals surface area contributed by atoms with E-state index in [0.717, 1.165) is 4.88 Å². The van der Waals surface area contributed by atoms with Crippen LogP contribution in [0.1, 0.15) is 67.1 Å². The number of carbonyl (C=O) groups is 1. The summed E-state index contributed by atoms with van der Waals surface area (Å²) in [6.07, 6.45) is 6.37. The summed E-state index contributed by atoms with van der Waals surface area (Å²) in [4.78, 5) is 16.5. The van der Waals surface area contributed by atoms with Crippen LogP contribution in [0, 0.1) is 5.92 Å². The largest absolute Gasteiger partial charge is 0.346 e. The molecular formula is C22H28N2OS. The second-order valence-corrected chi connectivity index (χ2v) is 9.99. The molecule has 0 spiro atoms. The predicted octanol–water partition coefficient (Wildman–Crippen LogP) is 4.77. The minimum Gasteiger partial charge on any atom is -0.346 e. The van der Waals surface area contributed by atoms with Crippen LogP contribution in [-0.4, -0.2) is 35.5 Å². The normalized spacial score (nSPS) is 30.3. The highest BCUT2D eigenvalue weighted by atomic mass is 32.1. The molecule has 6 rings (SSSR count). The molecule has 1 aromatic heterocycles. The van der Waals surface area contributed by atoms with Crippen molar-refractivity contribution >= 4 is 27.3 Å². The minimum atomic E-state index is 0.0601. The zero-order valence-corrected chi connectivity index (χ0v) is 16.6. The number of nitrogens with zero attached hydrogens (tertiary/aromatic N) is 1. The number of carbonyl (C=O) groups excluding carboxylic acids is 1. The zero-order chi connectivity index (χ0) is 17.9. The molecule has 4 fully saturated rings. The average molecular weight is 369 g/mol. The summed E-state index contributed by atoms with van der Waals surface area (Å²) >= 11 is 1.69. The fourth-order valence-electron chi connectivity index (χ4n) is 5.33. The first kappa shape index (κ1) is 16.8. The number of hydrogen-bond acceptors (Lipinski definition) is 3. The Labute approximate surface area is 159 Å². The fourth-order valence-corrected chi connectivity index (χ4v) is 6.48. The standard InChI is InChI=1S/C22H28N2OS/c1-22(2)20(15-9-11-24(22)12-10-15)23-21(25)18-13-16-7-4-8-17(19(16)26-18)14-5-3-6-14/h4,7-8,13-15,20H,3,5-6,9-12H2,1-2H3,(H,23,25)/t20-/m0/s1. The molecule has 1 amide bonds. The minimum absolute atomic E-state index is 0.0601. The van der Waals surface area contributed by atoms with E-state index in [-0.39, 0.29) is 17.5 Å². The van der Waals surface area contributed by atoms with Crippen molar-refractivity contribution in [1.29, 1.82) is 0 Å². The number of amides is 1. The van der Waals surface area contributed by atoms with Gasteiger partial charge in [0.15, 0.2) is 0 Å². The van der Waals surface area contributed by atoms with Crippen LogP contribution in [0.2, 0.25) is 0 Å². The van der Waals surface area contributed by atoms with Crippen molar-refractivity contribution in [2.75, 3.05) is 13.1 Å². The Bertz CT molecular complexity index is 843. The molecule has 3 aliphatic heterocycles. The van der Waals surface area contributed by atoms with Crippen LogP contribution >= 0.6 is 11.3 Å². The van der Waals surface area contributed by atoms with E-state index in [1.165, 1.54) is 60.8 Å². The summed E-state index contributed by atoms with van der Waals surface area (Å²) in [7, 11) is 0. The van der Waals surface area contributed by atoms with E-state index < -0.39 is 0 Å². The Morgan fingerprint density at radius 2 is 1.96 bits per heavy atom. The van der Waals surface area contributed by atoms with Crippen LogP contribution in [0.4, 0.5) is 0 Å². The van der Waals surface area contributed by atoms with Crippen LogP contribution in [0.15, 0.2) is 24.3 Å². The number of nitrogens with one attached hydrogen (secondary N) is 1. The molecule has 2 bridgehead atoms. The van der Waals surface area contributed by atoms with Gasteiger partial charge in [0.25, 0.3) is 5.91 Å². The smallest absolute Gasteiger partial charge is 0.261 e. The number of rotatable bonds is 3. The summed E-state index contributed by atoms with van der Waals surface area (Å²) in [5.74, 6) is 1.45. The number of benzene rings is 1. The van der Waals surface area contributed by atoms with Gasteiger partial charge in [-0.2, -0.15) is 0 Å². The maximum atomic E-state index is 13.1. The molecule has 26 heavy (non-hydrogen) atoms. The van der Waals surface area contributed by atoms with Crippen molar-refractivity contribution in [1.82, 2.24) is 10.2 Å². The van der Waals surface area contributed by atoms with Crippen LogP contribution in [0.5, 0.6) is 0 Å². The molecule has 1 N–H and O–H groups in total. The summed E-state index contributed by atoms with van der Waals surface area (Å²) in [5.41, 5.74) is 1.52. The van der Waals surface area contributed by atoms with Gasteiger partial charge in [0.05, 0.1) is 4.88 Å². The van der Waals surface area contributed by atoms with Gasteiger partial charge >= 0.3 is 0 Å². The first-order valence-electron chi connectivity index (χ1n) is 10.1. The monoisotopic (exact) mass is 368 g/mol. The summed E-state index contributed by atoms with van der Waals surface area (Å²) in [5, 5.41) is 4.66. The molecular weight excluding hydrogens is 340 g/mol. The molecule has 4 heterocycles. The Morgan fingerprint density at radius 1 is 1.19 bits per heavy atom. The second-order valence-electron chi connectivity index (χ2n) is 8.93. The van der Waals surface area contributed by atoms with Gasteiger partial charge in [-0.15, -0.1) is 11.3 Å². The molecule has 4 heteroatoms. The summed E-state index contributed by atoms with van der Waals surface area (Å²) in [6, 6.07) is 8.94. The average Bonchev–Trinajstić information content (AvgIpc) is 3.02. The van der Waals surface area contributed by atoms with Crippen LogP contribution in [-0.2, 0) is 0 Å². The maximum Gasteiger partial charge on any atom is 0.261 e. The molecule has 1 saturated carbocycles. The van der Waals surface area contributed by atoms with E-state index in [0.29, 0.717) is 11.8 Å². The van der Waals surface area contributed by atoms with Crippen molar-refractivity contribution in [3.63, 3.8) is 0 Å². The molecule has 1 aromatic carbocycles. The highest BCUT2D eigenvalue weighted by Crippen LogP contribution is 2.43. The third-order valence-electron chi connectivity index (χ3n) is 7.22. The number of fused-ring (bicyclic) bond motifs is 4. The lowest BCUT2D eigenvalue weighted by Crippen LogP contribution is -2.69. The molecule has 3 nitrogen and oxygen atoms in total. The van der Waals surface area contributed by atoms with Gasteiger partial charge in [-0.05, 0) is 81.5 Å². The molecule has 4 aliphatic rings. The quantitative estimate of drug-likeness (QED) is 0.846. The lowest BCUT2D eigenvalue weighted by molar-refractivity contribution is -0.0377. The van der Waals surface area contributed by atoms with Gasteiger partial charge in [-0.25, -0.2) is 0 Å². The highest BCUT2D eigenvalue weighted by Gasteiger charge is 2.48. The molecule has 138 valence electrons. The first-order chi connectivity index (χ1) is 12.5. The van der Waals surface area contributed by atoms with Gasteiger partial charge < -0.3 is 5.32 Å². The van der Waals surface area contributed by atoms with E-state index in [4.69, 9.17) is 0 Å².